The molecule has 1 atom stereocenters. The number of aromatic amines is 1. The van der Waals surface area contributed by atoms with Gasteiger partial charge < -0.3 is 5.32 Å². The van der Waals surface area contributed by atoms with E-state index in [9.17, 15) is 9.59 Å². The normalized spacial score (nSPS) is 19.8. The van der Waals surface area contributed by atoms with Crippen molar-refractivity contribution in [1.82, 2.24) is 9.78 Å². The lowest BCUT2D eigenvalue weighted by Crippen LogP contribution is -2.35. The van der Waals surface area contributed by atoms with Gasteiger partial charge in [-0.15, -0.1) is 0 Å². The molecule has 0 fully saturated rings. The first-order valence-corrected chi connectivity index (χ1v) is 10.8. The van der Waals surface area contributed by atoms with Crippen LogP contribution in [0.5, 0.6) is 0 Å². The molecule has 152 valence electrons. The Hall–Kier alpha value is -2.86. The molecule has 2 N–H and O–H groups in total. The molecule has 1 unspecified atom stereocenters. The molecule has 0 bridgehead atoms. The molecular formula is C24H22BrN3O2. The fourth-order valence-corrected chi connectivity index (χ4v) is 4.90. The Labute approximate surface area is 182 Å². The second-order valence-corrected chi connectivity index (χ2v) is 9.74. The minimum absolute atomic E-state index is 0.110. The third-order valence-electron chi connectivity index (χ3n) is 5.92. The molecule has 2 aliphatic rings. The average molecular weight is 464 g/mol. The standard InChI is InChI=1S/C24H22BrN3O2/c1-24(2)12-17-20(18(29)13-24)19(14-8-10-15(25)11-9-14)21-22(26-17)27-28(23(21)30)16-6-4-3-5-7-16/h3-11,19,26-27H,12-13H2,1-2H3. The summed E-state index contributed by atoms with van der Waals surface area (Å²) in [5.41, 5.74) is 3.68. The summed E-state index contributed by atoms with van der Waals surface area (Å²) >= 11 is 3.48. The molecule has 1 aromatic heterocycles. The second-order valence-electron chi connectivity index (χ2n) is 8.82. The summed E-state index contributed by atoms with van der Waals surface area (Å²) in [5.74, 6) is 0.391. The lowest BCUT2D eigenvalue weighted by Gasteiger charge is -2.37. The summed E-state index contributed by atoms with van der Waals surface area (Å²) in [5, 5.41) is 6.64. The summed E-state index contributed by atoms with van der Waals surface area (Å²) < 4.78 is 2.51. The van der Waals surface area contributed by atoms with E-state index < -0.39 is 0 Å². The topological polar surface area (TPSA) is 66.9 Å². The van der Waals surface area contributed by atoms with E-state index in [1.54, 1.807) is 4.68 Å². The number of carbonyl (C=O) groups is 1. The Kier molecular flexibility index (Phi) is 4.36. The summed E-state index contributed by atoms with van der Waals surface area (Å²) in [6, 6.07) is 17.4. The zero-order valence-corrected chi connectivity index (χ0v) is 18.4. The molecule has 0 saturated carbocycles. The van der Waals surface area contributed by atoms with Gasteiger partial charge in [-0.05, 0) is 41.7 Å². The maximum absolute atomic E-state index is 13.5. The van der Waals surface area contributed by atoms with Crippen molar-refractivity contribution in [3.63, 3.8) is 0 Å². The van der Waals surface area contributed by atoms with E-state index in [1.165, 1.54) is 0 Å². The van der Waals surface area contributed by atoms with E-state index in [0.29, 0.717) is 17.8 Å². The van der Waals surface area contributed by atoms with Gasteiger partial charge in [-0.3, -0.25) is 14.7 Å². The van der Waals surface area contributed by atoms with Gasteiger partial charge in [0.1, 0.15) is 5.82 Å². The van der Waals surface area contributed by atoms with Crippen LogP contribution in [0.15, 0.2) is 75.1 Å². The van der Waals surface area contributed by atoms with Gasteiger partial charge in [0.05, 0.1) is 11.3 Å². The Morgan fingerprint density at radius 3 is 2.40 bits per heavy atom. The van der Waals surface area contributed by atoms with Gasteiger partial charge >= 0.3 is 0 Å². The first-order valence-electron chi connectivity index (χ1n) is 10.0. The predicted molar refractivity (Wildman–Crippen MR) is 121 cm³/mol. The number of nitrogens with one attached hydrogen (secondary N) is 2. The highest BCUT2D eigenvalue weighted by Crippen LogP contribution is 2.47. The van der Waals surface area contributed by atoms with Gasteiger partial charge in [-0.25, -0.2) is 4.68 Å². The minimum Gasteiger partial charge on any atom is -0.343 e. The van der Waals surface area contributed by atoms with Gasteiger partial charge in [0, 0.05) is 28.1 Å². The van der Waals surface area contributed by atoms with Crippen LogP contribution in [-0.2, 0) is 4.79 Å². The Morgan fingerprint density at radius 1 is 1.00 bits per heavy atom. The van der Waals surface area contributed by atoms with Crippen LogP contribution < -0.4 is 10.9 Å². The summed E-state index contributed by atoms with van der Waals surface area (Å²) in [6.45, 7) is 4.22. The molecule has 1 aliphatic heterocycles. The monoisotopic (exact) mass is 463 g/mol. The molecule has 2 heterocycles. The molecule has 0 saturated heterocycles. The van der Waals surface area contributed by atoms with E-state index >= 15 is 0 Å². The highest BCUT2D eigenvalue weighted by molar-refractivity contribution is 9.10. The van der Waals surface area contributed by atoms with Crippen molar-refractivity contribution < 1.29 is 4.79 Å². The van der Waals surface area contributed by atoms with Gasteiger partial charge in [0.2, 0.25) is 0 Å². The van der Waals surface area contributed by atoms with Crippen LogP contribution in [0.25, 0.3) is 5.69 Å². The largest absolute Gasteiger partial charge is 0.343 e. The summed E-state index contributed by atoms with van der Waals surface area (Å²) in [7, 11) is 0. The molecule has 6 heteroatoms. The Bertz CT molecular complexity index is 1230. The number of carbonyl (C=O) groups excluding carboxylic acids is 1. The molecule has 30 heavy (non-hydrogen) atoms. The number of para-hydroxylation sites is 1. The molecule has 1 aliphatic carbocycles. The SMILES string of the molecule is CC1(C)CC(=O)C2=C(C1)Nc1[nH]n(-c3ccccc3)c(=O)c1C2c1ccc(Br)cc1. The molecule has 2 aromatic carbocycles. The second kappa shape index (κ2) is 6.84. The number of anilines is 1. The van der Waals surface area contributed by atoms with E-state index in [4.69, 9.17) is 0 Å². The van der Waals surface area contributed by atoms with Gasteiger partial charge in [-0.1, -0.05) is 60.1 Å². The highest BCUT2D eigenvalue weighted by Gasteiger charge is 2.42. The third-order valence-corrected chi connectivity index (χ3v) is 6.45. The van der Waals surface area contributed by atoms with Gasteiger partial charge in [0.25, 0.3) is 5.56 Å². The number of hydrogen-bond acceptors (Lipinski definition) is 3. The number of Topliss-reactive ketones (excluding diaryl/α,β-unsaturated/α-hetero) is 1. The van der Waals surface area contributed by atoms with Gasteiger partial charge in [-0.2, -0.15) is 0 Å². The minimum atomic E-state index is -0.387. The fourth-order valence-electron chi connectivity index (χ4n) is 4.64. The number of aromatic nitrogens is 2. The van der Waals surface area contributed by atoms with Crippen molar-refractivity contribution in [3.05, 3.63) is 91.8 Å². The molecule has 5 rings (SSSR count). The first kappa shape index (κ1) is 19.1. The highest BCUT2D eigenvalue weighted by atomic mass is 79.9. The lowest BCUT2D eigenvalue weighted by atomic mass is 9.69. The number of hydrogen-bond donors (Lipinski definition) is 2. The number of H-pyrrole nitrogens is 1. The number of nitrogens with zero attached hydrogens (tertiary/aromatic N) is 1. The van der Waals surface area contributed by atoms with Crippen molar-refractivity contribution in [2.24, 2.45) is 5.41 Å². The van der Waals surface area contributed by atoms with E-state index in [0.717, 1.165) is 33.4 Å². The predicted octanol–water partition coefficient (Wildman–Crippen LogP) is 5.13. The molecular weight excluding hydrogens is 442 g/mol. The number of fused-ring (bicyclic) bond motifs is 1. The average Bonchev–Trinajstić information content (AvgIpc) is 3.03. The molecule has 0 spiro atoms. The van der Waals surface area contributed by atoms with Crippen LogP contribution in [0.3, 0.4) is 0 Å². The summed E-state index contributed by atoms with van der Waals surface area (Å²) in [4.78, 5) is 26.8. The lowest BCUT2D eigenvalue weighted by molar-refractivity contribution is -0.118. The fraction of sp³-hybridized carbons (Fsp3) is 0.250. The van der Waals surface area contributed by atoms with Crippen molar-refractivity contribution in [1.29, 1.82) is 0 Å². The number of halogens is 1. The van der Waals surface area contributed by atoms with Crippen molar-refractivity contribution in [2.75, 3.05) is 5.32 Å². The number of benzene rings is 2. The quantitative estimate of drug-likeness (QED) is 0.553. The zero-order chi connectivity index (χ0) is 21.0. The van der Waals surface area contributed by atoms with E-state index in [-0.39, 0.29) is 22.7 Å². The van der Waals surface area contributed by atoms with Crippen molar-refractivity contribution in [2.45, 2.75) is 32.6 Å². The van der Waals surface area contributed by atoms with E-state index in [2.05, 4.69) is 40.2 Å². The number of allylic oxidation sites excluding steroid dienone is 2. The zero-order valence-electron chi connectivity index (χ0n) is 16.8. The van der Waals surface area contributed by atoms with Crippen molar-refractivity contribution in [3.8, 4) is 5.69 Å². The van der Waals surface area contributed by atoms with Gasteiger partial charge in [0.15, 0.2) is 5.78 Å². The smallest absolute Gasteiger partial charge is 0.277 e. The van der Waals surface area contributed by atoms with Crippen LogP contribution in [-0.4, -0.2) is 15.6 Å². The number of ketones is 1. The van der Waals surface area contributed by atoms with Crippen LogP contribution >= 0.6 is 15.9 Å². The third kappa shape index (κ3) is 3.06. The molecule has 0 radical (unpaired) electrons. The maximum Gasteiger partial charge on any atom is 0.277 e. The van der Waals surface area contributed by atoms with Crippen LogP contribution in [0.4, 0.5) is 5.82 Å². The maximum atomic E-state index is 13.5. The first-order chi connectivity index (χ1) is 14.3. The van der Waals surface area contributed by atoms with Crippen LogP contribution in [0.1, 0.15) is 43.7 Å². The van der Waals surface area contributed by atoms with Crippen LogP contribution in [0, 0.1) is 5.41 Å². The van der Waals surface area contributed by atoms with E-state index in [1.807, 2.05) is 54.6 Å². The Morgan fingerprint density at radius 2 is 1.70 bits per heavy atom. The molecule has 3 aromatic rings. The Balaban J connectivity index is 1.74. The molecule has 0 amide bonds. The van der Waals surface area contributed by atoms with Crippen molar-refractivity contribution >= 4 is 27.5 Å². The number of rotatable bonds is 2. The summed E-state index contributed by atoms with van der Waals surface area (Å²) in [6.07, 6.45) is 1.24. The van der Waals surface area contributed by atoms with Crippen LogP contribution in [0.2, 0.25) is 0 Å². The molecule has 5 nitrogen and oxygen atoms in total.